The van der Waals surface area contributed by atoms with Crippen LogP contribution in [0.1, 0.15) is 37.8 Å². The molecule has 2 aliphatic rings. The summed E-state index contributed by atoms with van der Waals surface area (Å²) in [5, 5.41) is 21.7. The van der Waals surface area contributed by atoms with Gasteiger partial charge in [-0.3, -0.25) is 4.79 Å². The van der Waals surface area contributed by atoms with Gasteiger partial charge in [-0.05, 0) is 27.7 Å². The van der Waals surface area contributed by atoms with E-state index in [9.17, 15) is 19.5 Å². The van der Waals surface area contributed by atoms with Gasteiger partial charge < -0.3 is 25.2 Å². The number of ether oxygens (including phenoxy) is 1. The molecule has 2 amide bonds. The van der Waals surface area contributed by atoms with E-state index in [-0.39, 0.29) is 25.6 Å². The number of fused-ring (bicyclic) bond motifs is 3. The topological polar surface area (TPSA) is 116 Å². The molecule has 8 nitrogen and oxygen atoms in total. The summed E-state index contributed by atoms with van der Waals surface area (Å²) in [6, 6.07) is 15.1. The van der Waals surface area contributed by atoms with E-state index in [4.69, 9.17) is 9.84 Å². The second-order valence-electron chi connectivity index (χ2n) is 9.80. The number of carboxylic acid groups (broad SMARTS) is 1. The van der Waals surface area contributed by atoms with Crippen LogP contribution in [-0.4, -0.2) is 64.4 Å². The van der Waals surface area contributed by atoms with Crippen molar-refractivity contribution >= 4 is 18.0 Å². The molecule has 8 heteroatoms. The van der Waals surface area contributed by atoms with Gasteiger partial charge in [0.1, 0.15) is 12.6 Å². The lowest BCUT2D eigenvalue weighted by Crippen LogP contribution is -2.70. The van der Waals surface area contributed by atoms with Crippen LogP contribution in [0.3, 0.4) is 0 Å². The van der Waals surface area contributed by atoms with Crippen LogP contribution in [0.5, 0.6) is 0 Å². The van der Waals surface area contributed by atoms with Gasteiger partial charge >= 0.3 is 12.1 Å². The van der Waals surface area contributed by atoms with Gasteiger partial charge in [-0.1, -0.05) is 69.3 Å². The first-order chi connectivity index (χ1) is 15.5. The van der Waals surface area contributed by atoms with E-state index >= 15 is 0 Å². The first-order valence-corrected chi connectivity index (χ1v) is 10.9. The molecule has 1 unspecified atom stereocenters. The molecule has 1 aliphatic heterocycles. The van der Waals surface area contributed by atoms with Crippen LogP contribution in [0.25, 0.3) is 11.1 Å². The van der Waals surface area contributed by atoms with Crippen molar-refractivity contribution in [1.82, 2.24) is 10.2 Å². The quantitative estimate of drug-likeness (QED) is 0.642. The van der Waals surface area contributed by atoms with Gasteiger partial charge in [-0.2, -0.15) is 0 Å². The third kappa shape index (κ3) is 4.18. The lowest BCUT2D eigenvalue weighted by atomic mass is 9.84. The highest BCUT2D eigenvalue weighted by Gasteiger charge is 2.52. The Labute approximate surface area is 192 Å². The van der Waals surface area contributed by atoms with Crippen LogP contribution < -0.4 is 5.32 Å². The molecule has 0 aromatic heterocycles. The van der Waals surface area contributed by atoms with Gasteiger partial charge in [0.05, 0.1) is 13.1 Å². The van der Waals surface area contributed by atoms with E-state index in [2.05, 4.69) is 5.32 Å². The van der Waals surface area contributed by atoms with Gasteiger partial charge in [0, 0.05) is 5.92 Å². The Morgan fingerprint density at radius 3 is 2.06 bits per heavy atom. The van der Waals surface area contributed by atoms with Crippen LogP contribution in [0.4, 0.5) is 4.79 Å². The first kappa shape index (κ1) is 22.8. The molecular weight excluding hydrogens is 424 g/mol. The maximum Gasteiger partial charge on any atom is 0.407 e. The van der Waals surface area contributed by atoms with E-state index in [1.165, 1.54) is 4.90 Å². The third-order valence-corrected chi connectivity index (χ3v) is 6.33. The van der Waals surface area contributed by atoms with E-state index in [0.717, 1.165) is 22.3 Å². The van der Waals surface area contributed by atoms with Gasteiger partial charge in [-0.15, -0.1) is 0 Å². The second-order valence-corrected chi connectivity index (χ2v) is 9.80. The molecule has 0 radical (unpaired) electrons. The molecule has 1 atom stereocenters. The molecule has 3 N–H and O–H groups in total. The Hall–Kier alpha value is -3.39. The number of hydrogen-bond donors (Lipinski definition) is 3. The SMILES string of the molecule is CC(C)(C)C(NC(=O)OCC1c2ccccc2-c2ccccc21)C(=O)N1CC(O)(C(=O)O)C1. The monoisotopic (exact) mass is 452 g/mol. The van der Waals surface area contributed by atoms with Crippen LogP contribution in [0, 0.1) is 5.41 Å². The average Bonchev–Trinajstić information content (AvgIpc) is 3.06. The number of carbonyl (C=O) groups excluding carboxylic acids is 2. The van der Waals surface area contributed by atoms with Crippen LogP contribution >= 0.6 is 0 Å². The van der Waals surface area contributed by atoms with Gasteiger partial charge in [0.15, 0.2) is 5.60 Å². The van der Waals surface area contributed by atoms with Gasteiger partial charge in [-0.25, -0.2) is 9.59 Å². The Bertz CT molecular complexity index is 1050. The van der Waals surface area contributed by atoms with E-state index in [1.807, 2.05) is 48.5 Å². The summed E-state index contributed by atoms with van der Waals surface area (Å²) in [7, 11) is 0. The second kappa shape index (κ2) is 8.19. The normalized spacial score (nSPS) is 17.4. The largest absolute Gasteiger partial charge is 0.479 e. The number of hydrogen-bond acceptors (Lipinski definition) is 5. The molecular formula is C25H28N2O6. The minimum absolute atomic E-state index is 0.104. The van der Waals surface area contributed by atoms with Crippen molar-refractivity contribution < 1.29 is 29.3 Å². The smallest absolute Gasteiger partial charge is 0.407 e. The molecule has 4 rings (SSSR count). The number of likely N-dealkylation sites (tertiary alicyclic amines) is 1. The number of nitrogens with zero attached hydrogens (tertiary/aromatic N) is 1. The number of amides is 2. The molecule has 174 valence electrons. The lowest BCUT2D eigenvalue weighted by Gasteiger charge is -2.46. The first-order valence-electron chi connectivity index (χ1n) is 10.9. The van der Waals surface area contributed by atoms with Crippen molar-refractivity contribution in [2.45, 2.75) is 38.3 Å². The van der Waals surface area contributed by atoms with Crippen molar-refractivity contribution in [3.63, 3.8) is 0 Å². The lowest BCUT2D eigenvalue weighted by molar-refractivity contribution is -0.183. The minimum atomic E-state index is -1.94. The molecule has 1 heterocycles. The number of rotatable bonds is 5. The molecule has 0 bridgehead atoms. The number of aliphatic carboxylic acids is 1. The predicted molar refractivity (Wildman–Crippen MR) is 121 cm³/mol. The summed E-state index contributed by atoms with van der Waals surface area (Å²) in [5.74, 6) is -1.93. The predicted octanol–water partition coefficient (Wildman–Crippen LogP) is 2.60. The maximum atomic E-state index is 13.0. The van der Waals surface area contributed by atoms with Gasteiger partial charge in [0.2, 0.25) is 5.91 Å². The fraction of sp³-hybridized carbons (Fsp3) is 0.400. The molecule has 0 spiro atoms. The Morgan fingerprint density at radius 2 is 1.58 bits per heavy atom. The third-order valence-electron chi connectivity index (χ3n) is 6.33. The highest BCUT2D eigenvalue weighted by atomic mass is 16.5. The fourth-order valence-electron chi connectivity index (χ4n) is 4.47. The summed E-state index contributed by atoms with van der Waals surface area (Å²) in [6.07, 6.45) is -0.723. The highest BCUT2D eigenvalue weighted by Crippen LogP contribution is 2.44. The zero-order valence-electron chi connectivity index (χ0n) is 18.9. The summed E-state index contributed by atoms with van der Waals surface area (Å²) < 4.78 is 5.56. The van der Waals surface area contributed by atoms with Gasteiger partial charge in [0.25, 0.3) is 0 Å². The Kier molecular flexibility index (Phi) is 5.66. The fourth-order valence-corrected chi connectivity index (χ4v) is 4.47. The molecule has 1 aliphatic carbocycles. The Morgan fingerprint density at radius 1 is 1.06 bits per heavy atom. The van der Waals surface area contributed by atoms with E-state index in [0.29, 0.717) is 0 Å². The number of carbonyl (C=O) groups is 3. The molecule has 0 saturated carbocycles. The molecule has 33 heavy (non-hydrogen) atoms. The minimum Gasteiger partial charge on any atom is -0.479 e. The van der Waals surface area contributed by atoms with Crippen LogP contribution in [0.15, 0.2) is 48.5 Å². The number of nitrogens with one attached hydrogen (secondary N) is 1. The molecule has 1 fully saturated rings. The number of alkyl carbamates (subject to hydrolysis) is 1. The standard InChI is InChI=1S/C25H28N2O6/c1-24(2,3)20(21(28)27-13-25(32,14-27)22(29)30)26-23(31)33-12-19-17-10-6-4-8-15(17)16-9-5-7-11-18(16)19/h4-11,19-20,32H,12-14H2,1-3H3,(H,26,31)(H,29,30). The van der Waals surface area contributed by atoms with Crippen LogP contribution in [0.2, 0.25) is 0 Å². The van der Waals surface area contributed by atoms with E-state index in [1.54, 1.807) is 20.8 Å². The molecule has 2 aromatic carbocycles. The Balaban J connectivity index is 1.43. The average molecular weight is 453 g/mol. The molecule has 2 aromatic rings. The summed E-state index contributed by atoms with van der Waals surface area (Å²) in [5.41, 5.74) is 1.82. The summed E-state index contributed by atoms with van der Waals surface area (Å²) in [6.45, 7) is 4.86. The number of carboxylic acids is 1. The van der Waals surface area contributed by atoms with Crippen molar-refractivity contribution in [3.05, 3.63) is 59.7 Å². The number of aliphatic hydroxyl groups is 1. The summed E-state index contributed by atoms with van der Waals surface area (Å²) in [4.78, 5) is 38.0. The maximum absolute atomic E-state index is 13.0. The summed E-state index contributed by atoms with van der Waals surface area (Å²) >= 11 is 0. The van der Waals surface area contributed by atoms with Crippen molar-refractivity contribution in [2.75, 3.05) is 19.7 Å². The zero-order valence-corrected chi connectivity index (χ0v) is 18.9. The molecule has 1 saturated heterocycles. The zero-order chi connectivity index (χ0) is 24.0. The number of β-amino-alcohol motifs (C(OH)–C–C–N with tert-alkyl or cyclic N) is 1. The van der Waals surface area contributed by atoms with Crippen molar-refractivity contribution in [3.8, 4) is 11.1 Å². The van der Waals surface area contributed by atoms with E-state index < -0.39 is 35.0 Å². The number of benzene rings is 2. The van der Waals surface area contributed by atoms with Crippen LogP contribution in [-0.2, 0) is 14.3 Å². The highest BCUT2D eigenvalue weighted by molar-refractivity contribution is 5.90. The van der Waals surface area contributed by atoms with Crippen molar-refractivity contribution in [1.29, 1.82) is 0 Å². The van der Waals surface area contributed by atoms with Crippen molar-refractivity contribution in [2.24, 2.45) is 5.41 Å².